The Balaban J connectivity index is 1.74. The quantitative estimate of drug-likeness (QED) is 0.163. The summed E-state index contributed by atoms with van der Waals surface area (Å²) >= 11 is 0. The zero-order chi connectivity index (χ0) is 33.4. The van der Waals surface area contributed by atoms with Gasteiger partial charge in [0, 0.05) is 24.4 Å². The predicted molar refractivity (Wildman–Crippen MR) is 179 cm³/mol. The van der Waals surface area contributed by atoms with Crippen LogP contribution >= 0.6 is 0 Å². The van der Waals surface area contributed by atoms with E-state index >= 15 is 0 Å². The molecule has 1 saturated heterocycles. The van der Waals surface area contributed by atoms with Gasteiger partial charge in [-0.15, -0.1) is 0 Å². The summed E-state index contributed by atoms with van der Waals surface area (Å²) in [7, 11) is 0. The smallest absolute Gasteiger partial charge is 0.378 e. The predicted octanol–water partition coefficient (Wildman–Crippen LogP) is 7.70. The lowest BCUT2D eigenvalue weighted by Gasteiger charge is -2.31. The van der Waals surface area contributed by atoms with Crippen LogP contribution in [0.15, 0.2) is 131 Å². The van der Waals surface area contributed by atoms with Gasteiger partial charge in [0.05, 0.1) is 54.2 Å². The Hall–Kier alpha value is -6.68. The molecule has 0 spiro atoms. The second-order valence-corrected chi connectivity index (χ2v) is 10.4. The van der Waals surface area contributed by atoms with Crippen LogP contribution in [0.25, 0.3) is 20.8 Å². The molecule has 2 aromatic carbocycles. The van der Waals surface area contributed by atoms with Crippen LogP contribution in [0.2, 0.25) is 0 Å². The summed E-state index contributed by atoms with van der Waals surface area (Å²) in [6.45, 7) is 17.6. The molecule has 8 nitrogen and oxygen atoms in total. The van der Waals surface area contributed by atoms with E-state index in [-0.39, 0.29) is 17.0 Å². The molecule has 1 aliphatic heterocycles. The number of allylic oxidation sites excluding steroid dienone is 12. The van der Waals surface area contributed by atoms with Gasteiger partial charge in [0.2, 0.25) is 0 Å². The molecule has 1 fully saturated rings. The summed E-state index contributed by atoms with van der Waals surface area (Å²) in [4.78, 5) is 9.03. The van der Waals surface area contributed by atoms with Gasteiger partial charge < -0.3 is 9.64 Å². The summed E-state index contributed by atoms with van der Waals surface area (Å²) < 4.78 is 5.60. The second-order valence-electron chi connectivity index (χ2n) is 10.4. The fourth-order valence-electron chi connectivity index (χ4n) is 5.51. The van der Waals surface area contributed by atoms with Crippen LogP contribution in [-0.4, -0.2) is 31.2 Å². The fourth-order valence-corrected chi connectivity index (χ4v) is 5.51. The van der Waals surface area contributed by atoms with E-state index in [0.717, 1.165) is 29.7 Å². The maximum Gasteiger partial charge on any atom is 0.528 e. The molecule has 0 bridgehead atoms. The fraction of sp³-hybridized carbons (Fsp3) is 0.179. The maximum atomic E-state index is 10.0. The van der Waals surface area contributed by atoms with Crippen LogP contribution in [-0.2, 0) is 4.74 Å². The number of ether oxygens (including phenoxy) is 1. The minimum Gasteiger partial charge on any atom is -0.378 e. The average molecular weight is 612 g/mol. The van der Waals surface area contributed by atoms with Crippen molar-refractivity contribution in [3.8, 4) is 24.3 Å². The van der Waals surface area contributed by atoms with E-state index in [2.05, 4.69) is 26.7 Å². The Morgan fingerprint density at radius 2 is 1.47 bits per heavy atom. The maximum absolute atomic E-state index is 10.0. The van der Waals surface area contributed by atoms with E-state index in [1.807, 2.05) is 36.4 Å². The summed E-state index contributed by atoms with van der Waals surface area (Å²) in [6, 6.07) is 26.3. The van der Waals surface area contributed by atoms with Crippen LogP contribution in [0.1, 0.15) is 24.0 Å². The Morgan fingerprint density at radius 3 is 2.04 bits per heavy atom. The highest BCUT2D eigenvalue weighted by Gasteiger charge is 2.25. The molecular weight excluding hydrogens is 582 g/mol. The SMILES string of the molecule is [C-]#[N+]C([N+]#[C-])=C(/C(C#N)=C/C=C/C1=C(N2CCOCC2)C(=C/C=C/C(C#N)=C(\c2ccccc2)C(C#N)C#N)/CC1)c1ccccc1. The minimum atomic E-state index is -1.10. The third kappa shape index (κ3) is 8.08. The molecule has 226 valence electrons. The Kier molecular flexibility index (Phi) is 12.0. The number of morpholine rings is 1. The van der Waals surface area contributed by atoms with Gasteiger partial charge >= 0.3 is 5.82 Å². The summed E-state index contributed by atoms with van der Waals surface area (Å²) in [5.41, 5.74) is 5.59. The third-order valence-electron chi connectivity index (χ3n) is 7.65. The van der Waals surface area contributed by atoms with Crippen LogP contribution < -0.4 is 0 Å². The third-order valence-corrected chi connectivity index (χ3v) is 7.65. The Bertz CT molecular complexity index is 1930. The van der Waals surface area contributed by atoms with Crippen molar-refractivity contribution in [3.05, 3.63) is 165 Å². The van der Waals surface area contributed by atoms with Crippen LogP contribution in [0.4, 0.5) is 0 Å². The van der Waals surface area contributed by atoms with E-state index < -0.39 is 5.92 Å². The van der Waals surface area contributed by atoms with Crippen LogP contribution in [0.5, 0.6) is 0 Å². The molecule has 2 aliphatic rings. The molecular formula is C39H29N7O. The topological polar surface area (TPSA) is 116 Å². The number of rotatable bonds is 9. The summed E-state index contributed by atoms with van der Waals surface area (Å²) in [6.07, 6.45) is 12.3. The minimum absolute atomic E-state index is 0.166. The largest absolute Gasteiger partial charge is 0.528 e. The molecule has 0 atom stereocenters. The monoisotopic (exact) mass is 611 g/mol. The van der Waals surface area contributed by atoms with Crippen molar-refractivity contribution in [3.63, 3.8) is 0 Å². The van der Waals surface area contributed by atoms with Crippen molar-refractivity contribution >= 4 is 11.1 Å². The van der Waals surface area contributed by atoms with E-state index in [9.17, 15) is 21.0 Å². The highest BCUT2D eigenvalue weighted by Crippen LogP contribution is 2.36. The summed E-state index contributed by atoms with van der Waals surface area (Å²) in [5.74, 6) is -1.26. The molecule has 47 heavy (non-hydrogen) atoms. The highest BCUT2D eigenvalue weighted by atomic mass is 16.5. The van der Waals surface area contributed by atoms with Crippen molar-refractivity contribution in [1.29, 1.82) is 21.0 Å². The first-order chi connectivity index (χ1) is 23.1. The molecule has 4 rings (SSSR count). The van der Waals surface area contributed by atoms with E-state index in [0.29, 0.717) is 48.6 Å². The van der Waals surface area contributed by atoms with Crippen molar-refractivity contribution in [2.75, 3.05) is 26.3 Å². The van der Waals surface area contributed by atoms with Gasteiger partial charge in [-0.25, -0.2) is 0 Å². The van der Waals surface area contributed by atoms with Gasteiger partial charge in [-0.3, -0.25) is 0 Å². The van der Waals surface area contributed by atoms with Gasteiger partial charge in [-0.2, -0.15) is 30.7 Å². The molecule has 0 saturated carbocycles. The molecule has 1 aliphatic carbocycles. The first-order valence-corrected chi connectivity index (χ1v) is 14.9. The van der Waals surface area contributed by atoms with Crippen molar-refractivity contribution in [2.45, 2.75) is 12.8 Å². The van der Waals surface area contributed by atoms with Gasteiger partial charge in [-0.1, -0.05) is 85.0 Å². The van der Waals surface area contributed by atoms with Gasteiger partial charge in [-0.05, 0) is 47.3 Å². The molecule has 2 aromatic rings. The lowest BCUT2D eigenvalue weighted by atomic mass is 9.90. The average Bonchev–Trinajstić information content (AvgIpc) is 3.53. The number of nitriles is 4. The normalized spacial score (nSPS) is 16.2. The first-order valence-electron chi connectivity index (χ1n) is 14.9. The standard InChI is InChI=1S/C39H29N7O/c1-44-39(45-2)37(30-13-7-4-8-14-30)34(26-41)18-10-16-32-20-19-31(38(32)46-21-23-47-24-22-46)15-9-17-33(25-40)36(35(27-42)28-43)29-11-5-3-6-12-29/h3-18,35H,19-24H2/b16-10+,17-9+,31-15+,34-18+,36-33-. The zero-order valence-corrected chi connectivity index (χ0v) is 25.6. The van der Waals surface area contributed by atoms with Crippen LogP contribution in [0, 0.1) is 64.4 Å². The summed E-state index contributed by atoms with van der Waals surface area (Å²) in [5, 5.41) is 39.3. The van der Waals surface area contributed by atoms with Gasteiger partial charge in [0.15, 0.2) is 5.92 Å². The van der Waals surface area contributed by atoms with Crippen molar-refractivity contribution in [2.24, 2.45) is 5.92 Å². The number of hydrogen-bond acceptors (Lipinski definition) is 6. The zero-order valence-electron chi connectivity index (χ0n) is 25.6. The lowest BCUT2D eigenvalue weighted by molar-refractivity contribution is 0.0547. The molecule has 0 unspecified atom stereocenters. The van der Waals surface area contributed by atoms with E-state index in [4.69, 9.17) is 17.9 Å². The van der Waals surface area contributed by atoms with Gasteiger partial charge in [0.1, 0.15) is 13.1 Å². The Labute approximate surface area is 275 Å². The number of hydrogen-bond donors (Lipinski definition) is 0. The molecule has 0 N–H and O–H groups in total. The highest BCUT2D eigenvalue weighted by molar-refractivity contribution is 5.87. The molecule has 0 radical (unpaired) electrons. The van der Waals surface area contributed by atoms with Crippen molar-refractivity contribution in [1.82, 2.24) is 4.90 Å². The van der Waals surface area contributed by atoms with Gasteiger partial charge in [0.25, 0.3) is 0 Å². The van der Waals surface area contributed by atoms with Crippen LogP contribution in [0.3, 0.4) is 0 Å². The van der Waals surface area contributed by atoms with Crippen molar-refractivity contribution < 1.29 is 4.74 Å². The number of nitrogens with zero attached hydrogens (tertiary/aromatic N) is 7. The Morgan fingerprint density at radius 1 is 0.830 bits per heavy atom. The second kappa shape index (κ2) is 17.0. The lowest BCUT2D eigenvalue weighted by Crippen LogP contribution is -2.36. The first kappa shape index (κ1) is 33.2. The van der Waals surface area contributed by atoms with E-state index in [1.54, 1.807) is 72.8 Å². The number of benzene rings is 2. The van der Waals surface area contributed by atoms with E-state index in [1.165, 1.54) is 0 Å². The molecule has 0 amide bonds. The molecule has 1 heterocycles. The molecule has 8 heteroatoms. The molecule has 0 aromatic heterocycles.